The van der Waals surface area contributed by atoms with Crippen LogP contribution >= 0.6 is 0 Å². The third-order valence-electron chi connectivity index (χ3n) is 2.99. The van der Waals surface area contributed by atoms with Gasteiger partial charge >= 0.3 is 0 Å². The molecule has 21 heavy (non-hydrogen) atoms. The van der Waals surface area contributed by atoms with E-state index in [-0.39, 0.29) is 18.4 Å². The van der Waals surface area contributed by atoms with Crippen molar-refractivity contribution in [1.29, 1.82) is 0 Å². The summed E-state index contributed by atoms with van der Waals surface area (Å²) in [6, 6.07) is -0.430. The lowest BCUT2D eigenvalue weighted by Crippen LogP contribution is -2.24. The smallest absolute Gasteiger partial charge is 0.249 e. The Morgan fingerprint density at radius 1 is 1.29 bits per heavy atom. The lowest BCUT2D eigenvalue weighted by molar-refractivity contribution is -0.121. The lowest BCUT2D eigenvalue weighted by atomic mass is 10.3. The van der Waals surface area contributed by atoms with Gasteiger partial charge in [0.05, 0.1) is 18.1 Å². The molecule has 1 atom stereocenters. The van der Waals surface area contributed by atoms with E-state index in [4.69, 9.17) is 0 Å². The molecule has 0 fully saturated rings. The Bertz CT molecular complexity index is 645. The molecule has 2 amide bonds. The molecule has 112 valence electrons. The second-order valence-corrected chi connectivity index (χ2v) is 4.76. The summed E-state index contributed by atoms with van der Waals surface area (Å²) in [7, 11) is 1.56. The van der Waals surface area contributed by atoms with Gasteiger partial charge in [-0.3, -0.25) is 19.0 Å². The minimum atomic E-state index is -0.430. The van der Waals surface area contributed by atoms with E-state index < -0.39 is 6.04 Å². The highest BCUT2D eigenvalue weighted by Gasteiger charge is 2.16. The van der Waals surface area contributed by atoms with Gasteiger partial charge in [-0.05, 0) is 19.4 Å². The summed E-state index contributed by atoms with van der Waals surface area (Å²) < 4.78 is 3.05. The van der Waals surface area contributed by atoms with E-state index in [2.05, 4.69) is 20.8 Å². The maximum absolute atomic E-state index is 12.1. The van der Waals surface area contributed by atoms with E-state index in [9.17, 15) is 9.59 Å². The van der Waals surface area contributed by atoms with Crippen LogP contribution in [0.4, 0.5) is 5.69 Å². The van der Waals surface area contributed by atoms with Gasteiger partial charge in [-0.15, -0.1) is 0 Å². The molecular formula is C13H18N6O2. The summed E-state index contributed by atoms with van der Waals surface area (Å²) in [5.74, 6) is -0.353. The highest BCUT2D eigenvalue weighted by Crippen LogP contribution is 2.11. The zero-order valence-corrected chi connectivity index (χ0v) is 12.2. The van der Waals surface area contributed by atoms with Crippen LogP contribution in [0.2, 0.25) is 0 Å². The second-order valence-electron chi connectivity index (χ2n) is 4.76. The Labute approximate surface area is 122 Å². The molecule has 8 nitrogen and oxygen atoms in total. The molecule has 0 saturated heterocycles. The molecular weight excluding hydrogens is 272 g/mol. The minimum Gasteiger partial charge on any atom is -0.358 e. The third-order valence-corrected chi connectivity index (χ3v) is 2.99. The Morgan fingerprint density at radius 2 is 2.05 bits per heavy atom. The molecule has 1 unspecified atom stereocenters. The first-order valence-corrected chi connectivity index (χ1v) is 6.54. The van der Waals surface area contributed by atoms with Crippen LogP contribution in [0, 0.1) is 6.92 Å². The molecule has 0 radical (unpaired) electrons. The molecule has 2 N–H and O–H groups in total. The number of anilines is 1. The van der Waals surface area contributed by atoms with Crippen molar-refractivity contribution < 1.29 is 9.59 Å². The fourth-order valence-electron chi connectivity index (χ4n) is 1.75. The molecule has 0 bridgehead atoms. The van der Waals surface area contributed by atoms with Crippen molar-refractivity contribution in [2.45, 2.75) is 26.4 Å². The maximum Gasteiger partial charge on any atom is 0.249 e. The van der Waals surface area contributed by atoms with Crippen molar-refractivity contribution in [2.24, 2.45) is 0 Å². The number of hydrogen-bond acceptors (Lipinski definition) is 4. The first kappa shape index (κ1) is 14.8. The highest BCUT2D eigenvalue weighted by molar-refractivity contribution is 5.93. The van der Waals surface area contributed by atoms with Crippen molar-refractivity contribution in [1.82, 2.24) is 24.9 Å². The molecule has 2 aromatic rings. The average Bonchev–Trinajstić information content (AvgIpc) is 3.07. The first-order valence-electron chi connectivity index (χ1n) is 6.54. The largest absolute Gasteiger partial charge is 0.358 e. The van der Waals surface area contributed by atoms with Gasteiger partial charge in [0.25, 0.3) is 0 Å². The van der Waals surface area contributed by atoms with E-state index in [0.717, 1.165) is 5.56 Å². The van der Waals surface area contributed by atoms with Crippen molar-refractivity contribution >= 4 is 17.5 Å². The first-order chi connectivity index (χ1) is 9.99. The molecule has 2 heterocycles. The van der Waals surface area contributed by atoms with Gasteiger partial charge in [-0.25, -0.2) is 0 Å². The molecule has 0 aliphatic carbocycles. The zero-order chi connectivity index (χ0) is 15.4. The summed E-state index contributed by atoms with van der Waals surface area (Å²) >= 11 is 0. The number of amides is 2. The average molecular weight is 290 g/mol. The van der Waals surface area contributed by atoms with E-state index in [1.54, 1.807) is 37.2 Å². The third kappa shape index (κ3) is 3.68. The molecule has 2 rings (SSSR count). The summed E-state index contributed by atoms with van der Waals surface area (Å²) in [5, 5.41) is 13.4. The number of aromatic nitrogens is 4. The molecule has 8 heteroatoms. The maximum atomic E-state index is 12.1. The Hall–Kier alpha value is -2.64. The monoisotopic (exact) mass is 290 g/mol. The zero-order valence-electron chi connectivity index (χ0n) is 12.2. The number of nitrogens with zero attached hydrogens (tertiary/aromatic N) is 4. The molecule has 0 aliphatic rings. The van der Waals surface area contributed by atoms with Crippen molar-refractivity contribution in [2.75, 3.05) is 12.4 Å². The minimum absolute atomic E-state index is 0.111. The standard InChI is InChI=1S/C13H18N6O2/c1-9-4-16-19(6-9)10(2)13(21)17-11-5-15-18(7-11)8-12(20)14-3/h4-7,10H,8H2,1-3H3,(H,14,20)(H,17,21). The summed E-state index contributed by atoms with van der Waals surface area (Å²) in [4.78, 5) is 23.4. The highest BCUT2D eigenvalue weighted by atomic mass is 16.2. The lowest BCUT2D eigenvalue weighted by Gasteiger charge is -2.11. The summed E-state index contributed by atoms with van der Waals surface area (Å²) in [6.07, 6.45) is 6.61. The second kappa shape index (κ2) is 6.21. The van der Waals surface area contributed by atoms with Crippen molar-refractivity contribution in [3.63, 3.8) is 0 Å². The SMILES string of the molecule is CNC(=O)Cn1cc(NC(=O)C(C)n2cc(C)cn2)cn1. The van der Waals surface area contributed by atoms with Crippen LogP contribution in [0.1, 0.15) is 18.5 Å². The van der Waals surface area contributed by atoms with Crippen LogP contribution in [0.15, 0.2) is 24.8 Å². The van der Waals surface area contributed by atoms with Crippen LogP contribution in [-0.4, -0.2) is 38.4 Å². The number of nitrogens with one attached hydrogen (secondary N) is 2. The fourth-order valence-corrected chi connectivity index (χ4v) is 1.75. The van der Waals surface area contributed by atoms with E-state index in [0.29, 0.717) is 5.69 Å². The van der Waals surface area contributed by atoms with Gasteiger partial charge in [-0.2, -0.15) is 10.2 Å². The summed E-state index contributed by atoms with van der Waals surface area (Å²) in [6.45, 7) is 3.79. The van der Waals surface area contributed by atoms with Crippen LogP contribution in [0.3, 0.4) is 0 Å². The normalized spacial score (nSPS) is 12.0. The van der Waals surface area contributed by atoms with E-state index in [1.807, 2.05) is 6.92 Å². The van der Waals surface area contributed by atoms with Gasteiger partial charge in [0.15, 0.2) is 0 Å². The molecule has 0 aromatic carbocycles. The summed E-state index contributed by atoms with van der Waals surface area (Å²) in [5.41, 5.74) is 1.53. The molecule has 0 saturated carbocycles. The number of likely N-dealkylation sites (N-methyl/N-ethyl adjacent to an activating group) is 1. The van der Waals surface area contributed by atoms with E-state index >= 15 is 0 Å². The van der Waals surface area contributed by atoms with Crippen LogP contribution in [0.5, 0.6) is 0 Å². The van der Waals surface area contributed by atoms with Gasteiger partial charge in [0, 0.05) is 19.4 Å². The van der Waals surface area contributed by atoms with Gasteiger partial charge in [0.1, 0.15) is 12.6 Å². The Balaban J connectivity index is 1.98. The van der Waals surface area contributed by atoms with Gasteiger partial charge in [-0.1, -0.05) is 0 Å². The molecule has 0 spiro atoms. The number of aryl methyl sites for hydroxylation is 1. The van der Waals surface area contributed by atoms with E-state index in [1.165, 1.54) is 10.9 Å². The van der Waals surface area contributed by atoms with Gasteiger partial charge < -0.3 is 10.6 Å². The van der Waals surface area contributed by atoms with Crippen LogP contribution in [-0.2, 0) is 16.1 Å². The number of carbonyl (C=O) groups excluding carboxylic acids is 2. The number of hydrogen-bond donors (Lipinski definition) is 2. The molecule has 0 aliphatic heterocycles. The predicted molar refractivity (Wildman–Crippen MR) is 76.6 cm³/mol. The molecule has 2 aromatic heterocycles. The predicted octanol–water partition coefficient (Wildman–Crippen LogP) is 0.334. The van der Waals surface area contributed by atoms with Crippen molar-refractivity contribution in [3.05, 3.63) is 30.4 Å². The fraction of sp³-hybridized carbons (Fsp3) is 0.385. The quantitative estimate of drug-likeness (QED) is 0.830. The van der Waals surface area contributed by atoms with Crippen LogP contribution in [0.25, 0.3) is 0 Å². The topological polar surface area (TPSA) is 93.8 Å². The Kier molecular flexibility index (Phi) is 4.36. The van der Waals surface area contributed by atoms with Crippen molar-refractivity contribution in [3.8, 4) is 0 Å². The number of rotatable bonds is 5. The van der Waals surface area contributed by atoms with Crippen LogP contribution < -0.4 is 10.6 Å². The number of carbonyl (C=O) groups is 2. The van der Waals surface area contributed by atoms with Gasteiger partial charge in [0.2, 0.25) is 11.8 Å². The Morgan fingerprint density at radius 3 is 2.67 bits per heavy atom.